The van der Waals surface area contributed by atoms with Gasteiger partial charge < -0.3 is 10.2 Å². The van der Waals surface area contributed by atoms with Crippen LogP contribution in [0.25, 0.3) is 11.1 Å². The first-order chi connectivity index (χ1) is 12.7. The molecule has 1 fully saturated rings. The van der Waals surface area contributed by atoms with E-state index in [-0.39, 0.29) is 11.9 Å². The molecule has 0 aliphatic carbocycles. The summed E-state index contributed by atoms with van der Waals surface area (Å²) in [7, 11) is 1.85. The van der Waals surface area contributed by atoms with Crippen molar-refractivity contribution < 1.29 is 4.79 Å². The minimum absolute atomic E-state index is 0.0878. The lowest BCUT2D eigenvalue weighted by molar-refractivity contribution is -0.120. The highest BCUT2D eigenvalue weighted by atomic mass is 16.2. The van der Waals surface area contributed by atoms with E-state index in [2.05, 4.69) is 20.4 Å². The van der Waals surface area contributed by atoms with Gasteiger partial charge in [-0.05, 0) is 30.5 Å². The van der Waals surface area contributed by atoms with Crippen LogP contribution in [0.5, 0.6) is 0 Å². The SMILES string of the molecule is Cn1cc(N2CCC[C@@H](Nc3ccc(-c4cncnc4)cc3)C2=O)cn1. The van der Waals surface area contributed by atoms with Crippen molar-refractivity contribution in [3.8, 4) is 11.1 Å². The van der Waals surface area contributed by atoms with E-state index in [1.807, 2.05) is 42.4 Å². The number of nitrogens with one attached hydrogen (secondary N) is 1. The monoisotopic (exact) mass is 348 g/mol. The number of carbonyl (C=O) groups is 1. The Morgan fingerprint density at radius 2 is 1.85 bits per heavy atom. The standard InChI is InChI=1S/C19H20N6O/c1-24-12-17(11-22-24)25-8-2-3-18(19(25)26)23-16-6-4-14(5-7-16)15-9-20-13-21-10-15/h4-7,9-13,18,23H,2-3,8H2,1H3/t18-/m1/s1. The number of aromatic nitrogens is 4. The van der Waals surface area contributed by atoms with Crippen LogP contribution in [0, 0.1) is 0 Å². The number of rotatable bonds is 4. The molecule has 1 aliphatic rings. The molecule has 1 aromatic carbocycles. The van der Waals surface area contributed by atoms with Crippen molar-refractivity contribution in [3.63, 3.8) is 0 Å². The molecule has 3 heterocycles. The van der Waals surface area contributed by atoms with Crippen LogP contribution in [0.15, 0.2) is 55.4 Å². The number of nitrogens with zero attached hydrogens (tertiary/aromatic N) is 5. The van der Waals surface area contributed by atoms with Gasteiger partial charge in [0.05, 0.1) is 11.9 Å². The van der Waals surface area contributed by atoms with Crippen LogP contribution in [-0.2, 0) is 11.8 Å². The smallest absolute Gasteiger partial charge is 0.249 e. The van der Waals surface area contributed by atoms with Crippen molar-refractivity contribution in [2.45, 2.75) is 18.9 Å². The summed E-state index contributed by atoms with van der Waals surface area (Å²) in [6.07, 6.45) is 10.5. The van der Waals surface area contributed by atoms with Crippen LogP contribution < -0.4 is 10.2 Å². The van der Waals surface area contributed by atoms with E-state index < -0.39 is 0 Å². The van der Waals surface area contributed by atoms with E-state index in [1.165, 1.54) is 6.33 Å². The molecule has 132 valence electrons. The molecule has 2 aromatic heterocycles. The second-order valence-corrected chi connectivity index (χ2v) is 6.41. The Labute approximate surface area is 151 Å². The number of anilines is 2. The topological polar surface area (TPSA) is 75.9 Å². The second kappa shape index (κ2) is 6.95. The fourth-order valence-corrected chi connectivity index (χ4v) is 3.22. The molecule has 1 aliphatic heterocycles. The molecule has 3 aromatic rings. The van der Waals surface area contributed by atoms with E-state index in [9.17, 15) is 4.79 Å². The largest absolute Gasteiger partial charge is 0.374 e. The molecule has 4 rings (SSSR count). The summed E-state index contributed by atoms with van der Waals surface area (Å²) in [4.78, 5) is 22.7. The van der Waals surface area contributed by atoms with E-state index in [0.29, 0.717) is 0 Å². The minimum Gasteiger partial charge on any atom is -0.374 e. The summed E-state index contributed by atoms with van der Waals surface area (Å²) in [5.74, 6) is 0.0878. The second-order valence-electron chi connectivity index (χ2n) is 6.41. The average molecular weight is 348 g/mol. The summed E-state index contributed by atoms with van der Waals surface area (Å²) >= 11 is 0. The number of aryl methyl sites for hydroxylation is 1. The highest BCUT2D eigenvalue weighted by molar-refractivity contribution is 5.99. The third kappa shape index (κ3) is 3.28. The number of carbonyl (C=O) groups excluding carboxylic acids is 1. The van der Waals surface area contributed by atoms with Crippen molar-refractivity contribution in [1.82, 2.24) is 19.7 Å². The maximum Gasteiger partial charge on any atom is 0.249 e. The first-order valence-electron chi connectivity index (χ1n) is 8.63. The minimum atomic E-state index is -0.227. The van der Waals surface area contributed by atoms with Gasteiger partial charge >= 0.3 is 0 Å². The molecular weight excluding hydrogens is 328 g/mol. The zero-order valence-electron chi connectivity index (χ0n) is 14.5. The fraction of sp³-hybridized carbons (Fsp3) is 0.263. The lowest BCUT2D eigenvalue weighted by atomic mass is 10.0. The summed E-state index contributed by atoms with van der Waals surface area (Å²) < 4.78 is 1.71. The molecule has 7 nitrogen and oxygen atoms in total. The van der Waals surface area contributed by atoms with Crippen molar-refractivity contribution in [1.29, 1.82) is 0 Å². The Hall–Kier alpha value is -3.22. The molecule has 7 heteroatoms. The van der Waals surface area contributed by atoms with Gasteiger partial charge in [0.15, 0.2) is 0 Å². The highest BCUT2D eigenvalue weighted by Crippen LogP contribution is 2.24. The van der Waals surface area contributed by atoms with E-state index in [1.54, 1.807) is 23.3 Å². The Morgan fingerprint density at radius 1 is 1.08 bits per heavy atom. The Kier molecular flexibility index (Phi) is 4.35. The number of piperidine rings is 1. The average Bonchev–Trinajstić information content (AvgIpc) is 3.11. The van der Waals surface area contributed by atoms with Crippen LogP contribution in [0.3, 0.4) is 0 Å². The van der Waals surface area contributed by atoms with Crippen molar-refractivity contribution in [3.05, 3.63) is 55.4 Å². The molecule has 26 heavy (non-hydrogen) atoms. The Balaban J connectivity index is 1.47. The number of hydrogen-bond donors (Lipinski definition) is 1. The zero-order chi connectivity index (χ0) is 17.9. The Morgan fingerprint density at radius 3 is 2.54 bits per heavy atom. The van der Waals surface area contributed by atoms with Gasteiger partial charge in [-0.25, -0.2) is 9.97 Å². The lowest BCUT2D eigenvalue weighted by Crippen LogP contribution is -2.47. The van der Waals surface area contributed by atoms with Crippen LogP contribution in [-0.4, -0.2) is 38.2 Å². The first-order valence-corrected chi connectivity index (χ1v) is 8.63. The Bertz CT molecular complexity index is 890. The summed E-state index contributed by atoms with van der Waals surface area (Å²) in [5, 5.41) is 7.53. The van der Waals surface area contributed by atoms with Crippen LogP contribution in [0.1, 0.15) is 12.8 Å². The number of amides is 1. The van der Waals surface area contributed by atoms with Crippen molar-refractivity contribution in [2.75, 3.05) is 16.8 Å². The summed E-state index contributed by atoms with van der Waals surface area (Å²) in [6, 6.07) is 7.76. The third-order valence-corrected chi connectivity index (χ3v) is 4.56. The van der Waals surface area contributed by atoms with Crippen molar-refractivity contribution in [2.24, 2.45) is 7.05 Å². The van der Waals surface area contributed by atoms with Gasteiger partial charge in [0.1, 0.15) is 12.4 Å². The molecule has 1 atom stereocenters. The van der Waals surface area contributed by atoms with E-state index in [0.717, 1.165) is 41.9 Å². The first kappa shape index (κ1) is 16.3. The van der Waals surface area contributed by atoms with Crippen molar-refractivity contribution >= 4 is 17.3 Å². The number of benzene rings is 1. The summed E-state index contributed by atoms with van der Waals surface area (Å²) in [6.45, 7) is 0.732. The van der Waals surface area contributed by atoms with Gasteiger partial charge in [-0.2, -0.15) is 5.10 Å². The van der Waals surface area contributed by atoms with Gasteiger partial charge in [0, 0.05) is 43.4 Å². The zero-order valence-corrected chi connectivity index (χ0v) is 14.5. The van der Waals surface area contributed by atoms with Crippen LogP contribution >= 0.6 is 0 Å². The number of hydrogen-bond acceptors (Lipinski definition) is 5. The summed E-state index contributed by atoms with van der Waals surface area (Å²) in [5.41, 5.74) is 3.79. The molecule has 1 saturated heterocycles. The molecule has 0 unspecified atom stereocenters. The quantitative estimate of drug-likeness (QED) is 0.784. The van der Waals surface area contributed by atoms with Gasteiger partial charge in [-0.1, -0.05) is 12.1 Å². The molecule has 1 amide bonds. The molecular formula is C19H20N6O. The van der Waals surface area contributed by atoms with Crippen LogP contribution in [0.2, 0.25) is 0 Å². The molecule has 0 bridgehead atoms. The molecule has 0 saturated carbocycles. The lowest BCUT2D eigenvalue weighted by Gasteiger charge is -2.32. The molecule has 1 N–H and O–H groups in total. The highest BCUT2D eigenvalue weighted by Gasteiger charge is 2.30. The van der Waals surface area contributed by atoms with Gasteiger partial charge in [0.25, 0.3) is 0 Å². The van der Waals surface area contributed by atoms with Gasteiger partial charge in [0.2, 0.25) is 5.91 Å². The van der Waals surface area contributed by atoms with Gasteiger partial charge in [-0.3, -0.25) is 9.48 Å². The van der Waals surface area contributed by atoms with Gasteiger partial charge in [-0.15, -0.1) is 0 Å². The van der Waals surface area contributed by atoms with Crippen LogP contribution in [0.4, 0.5) is 11.4 Å². The maximum atomic E-state index is 12.8. The normalized spacial score (nSPS) is 17.3. The molecule has 0 spiro atoms. The van der Waals surface area contributed by atoms with E-state index >= 15 is 0 Å². The predicted molar refractivity (Wildman–Crippen MR) is 99.7 cm³/mol. The third-order valence-electron chi connectivity index (χ3n) is 4.56. The predicted octanol–water partition coefficient (Wildman–Crippen LogP) is 2.48. The maximum absolute atomic E-state index is 12.8. The van der Waals surface area contributed by atoms with E-state index in [4.69, 9.17) is 0 Å². The molecule has 0 radical (unpaired) electrons. The fourth-order valence-electron chi connectivity index (χ4n) is 3.22.